The molecule has 98 valence electrons. The van der Waals surface area contributed by atoms with E-state index in [4.69, 9.17) is 4.74 Å². The molecule has 18 heavy (non-hydrogen) atoms. The molecule has 1 aliphatic rings. The molecule has 2 nitrogen and oxygen atoms in total. The van der Waals surface area contributed by atoms with Gasteiger partial charge in [0.25, 0.3) is 0 Å². The van der Waals surface area contributed by atoms with Crippen molar-refractivity contribution in [3.05, 3.63) is 29.8 Å². The third kappa shape index (κ3) is 4.14. The van der Waals surface area contributed by atoms with E-state index in [0.29, 0.717) is 6.10 Å². The van der Waals surface area contributed by atoms with Gasteiger partial charge in [0.15, 0.2) is 5.78 Å². The molecule has 0 N–H and O–H groups in total. The molecule has 0 bridgehead atoms. The Balaban J connectivity index is 1.68. The number of benzene rings is 1. The van der Waals surface area contributed by atoms with Crippen LogP contribution in [0.15, 0.2) is 29.2 Å². The summed E-state index contributed by atoms with van der Waals surface area (Å²) < 4.78 is 5.60. The van der Waals surface area contributed by atoms with Gasteiger partial charge in [-0.1, -0.05) is 12.1 Å². The van der Waals surface area contributed by atoms with E-state index in [0.717, 1.165) is 17.9 Å². The Hall–Kier alpha value is -0.800. The Morgan fingerprint density at radius 3 is 2.78 bits per heavy atom. The Morgan fingerprint density at radius 2 is 2.17 bits per heavy atom. The monoisotopic (exact) mass is 264 g/mol. The zero-order valence-corrected chi connectivity index (χ0v) is 11.7. The number of hydrogen-bond acceptors (Lipinski definition) is 3. The van der Waals surface area contributed by atoms with Gasteiger partial charge in [-0.25, -0.2) is 0 Å². The molecule has 0 aromatic heterocycles. The predicted molar refractivity (Wildman–Crippen MR) is 75.4 cm³/mol. The van der Waals surface area contributed by atoms with E-state index in [2.05, 4.69) is 0 Å². The highest BCUT2D eigenvalue weighted by molar-refractivity contribution is 7.99. The van der Waals surface area contributed by atoms with Crippen LogP contribution in [0.1, 0.15) is 43.0 Å². The number of ether oxygens (including phenoxy) is 1. The summed E-state index contributed by atoms with van der Waals surface area (Å²) in [7, 11) is 0. The molecular formula is C15H20O2S. The summed E-state index contributed by atoms with van der Waals surface area (Å²) in [6, 6.07) is 7.89. The fraction of sp³-hybridized carbons (Fsp3) is 0.533. The quantitative estimate of drug-likeness (QED) is 0.442. The van der Waals surface area contributed by atoms with Crippen molar-refractivity contribution in [2.24, 2.45) is 0 Å². The molecule has 1 atom stereocenters. The van der Waals surface area contributed by atoms with E-state index < -0.39 is 0 Å². The van der Waals surface area contributed by atoms with E-state index in [-0.39, 0.29) is 5.78 Å². The van der Waals surface area contributed by atoms with Crippen LogP contribution in [0, 0.1) is 0 Å². The van der Waals surface area contributed by atoms with E-state index in [1.165, 1.54) is 30.6 Å². The van der Waals surface area contributed by atoms with Crippen LogP contribution in [0.4, 0.5) is 0 Å². The lowest BCUT2D eigenvalue weighted by Gasteiger charge is -2.08. The lowest BCUT2D eigenvalue weighted by Crippen LogP contribution is -2.04. The van der Waals surface area contributed by atoms with Crippen LogP contribution < -0.4 is 0 Å². The van der Waals surface area contributed by atoms with Crippen molar-refractivity contribution in [3.63, 3.8) is 0 Å². The summed E-state index contributed by atoms with van der Waals surface area (Å²) in [6.45, 7) is 2.55. The summed E-state index contributed by atoms with van der Waals surface area (Å²) in [5, 5.41) is 0. The molecule has 0 spiro atoms. The van der Waals surface area contributed by atoms with Gasteiger partial charge in [-0.05, 0) is 50.5 Å². The van der Waals surface area contributed by atoms with Gasteiger partial charge < -0.3 is 4.74 Å². The first-order chi connectivity index (χ1) is 8.75. The first-order valence-corrected chi connectivity index (χ1v) is 7.59. The standard InChI is InChI=1S/C15H20O2S/c1-12(16)13-6-8-15(9-7-13)18-11-3-5-14-4-2-10-17-14/h6-9,14H,2-5,10-11H2,1H3. The van der Waals surface area contributed by atoms with E-state index in [9.17, 15) is 4.79 Å². The van der Waals surface area contributed by atoms with E-state index in [1.54, 1.807) is 6.92 Å². The Kier molecular flexibility index (Phi) is 5.26. The molecule has 1 heterocycles. The first-order valence-electron chi connectivity index (χ1n) is 6.61. The summed E-state index contributed by atoms with van der Waals surface area (Å²) >= 11 is 1.86. The molecule has 0 saturated carbocycles. The van der Waals surface area contributed by atoms with E-state index >= 15 is 0 Å². The molecule has 0 aliphatic carbocycles. The van der Waals surface area contributed by atoms with Crippen molar-refractivity contribution in [3.8, 4) is 0 Å². The van der Waals surface area contributed by atoms with Crippen molar-refractivity contribution in [2.45, 2.75) is 43.6 Å². The number of carbonyl (C=O) groups excluding carboxylic acids is 1. The van der Waals surface area contributed by atoms with Gasteiger partial charge in [0.05, 0.1) is 6.10 Å². The zero-order chi connectivity index (χ0) is 12.8. The summed E-state index contributed by atoms with van der Waals surface area (Å²) in [5.41, 5.74) is 0.790. The maximum Gasteiger partial charge on any atom is 0.159 e. The van der Waals surface area contributed by atoms with Crippen LogP contribution in [0.2, 0.25) is 0 Å². The van der Waals surface area contributed by atoms with Gasteiger partial charge in [-0.2, -0.15) is 0 Å². The minimum atomic E-state index is 0.130. The lowest BCUT2D eigenvalue weighted by molar-refractivity contribution is 0.101. The number of rotatable bonds is 6. The predicted octanol–water partition coefficient (Wildman–Crippen LogP) is 3.94. The fourth-order valence-corrected chi connectivity index (χ4v) is 3.03. The highest BCUT2D eigenvalue weighted by atomic mass is 32.2. The van der Waals surface area contributed by atoms with Gasteiger partial charge in [-0.3, -0.25) is 4.79 Å². The molecular weight excluding hydrogens is 244 g/mol. The largest absolute Gasteiger partial charge is 0.378 e. The third-order valence-corrected chi connectivity index (χ3v) is 4.32. The maximum absolute atomic E-state index is 11.1. The second-order valence-corrected chi connectivity index (χ2v) is 5.87. The Bertz CT molecular complexity index is 380. The van der Waals surface area contributed by atoms with Crippen LogP contribution in [0.5, 0.6) is 0 Å². The van der Waals surface area contributed by atoms with E-state index in [1.807, 2.05) is 36.0 Å². The number of ketones is 1. The van der Waals surface area contributed by atoms with Crippen LogP contribution in [-0.4, -0.2) is 24.2 Å². The summed E-state index contributed by atoms with van der Waals surface area (Å²) in [4.78, 5) is 12.4. The molecule has 0 radical (unpaired) electrons. The molecule has 2 rings (SSSR count). The molecule has 1 aliphatic heterocycles. The number of thioether (sulfide) groups is 1. The highest BCUT2D eigenvalue weighted by Gasteiger charge is 2.14. The second-order valence-electron chi connectivity index (χ2n) is 4.71. The van der Waals surface area contributed by atoms with Crippen molar-refractivity contribution < 1.29 is 9.53 Å². The van der Waals surface area contributed by atoms with Gasteiger partial charge in [-0.15, -0.1) is 11.8 Å². The molecule has 1 aromatic rings. The molecule has 1 aromatic carbocycles. The smallest absolute Gasteiger partial charge is 0.159 e. The van der Waals surface area contributed by atoms with Crippen LogP contribution >= 0.6 is 11.8 Å². The third-order valence-electron chi connectivity index (χ3n) is 3.22. The van der Waals surface area contributed by atoms with Crippen molar-refractivity contribution in [2.75, 3.05) is 12.4 Å². The first kappa shape index (κ1) is 13.6. The van der Waals surface area contributed by atoms with Gasteiger partial charge >= 0.3 is 0 Å². The van der Waals surface area contributed by atoms with Crippen molar-refractivity contribution in [1.82, 2.24) is 0 Å². The summed E-state index contributed by atoms with van der Waals surface area (Å²) in [5.74, 6) is 1.25. The highest BCUT2D eigenvalue weighted by Crippen LogP contribution is 2.22. The van der Waals surface area contributed by atoms with Gasteiger partial charge in [0.2, 0.25) is 0 Å². The topological polar surface area (TPSA) is 26.3 Å². The van der Waals surface area contributed by atoms with Gasteiger partial charge in [0, 0.05) is 17.1 Å². The number of Topliss-reactive ketones (excluding diaryl/α,β-unsaturated/α-hetero) is 1. The fourth-order valence-electron chi connectivity index (χ4n) is 2.16. The molecule has 1 unspecified atom stereocenters. The zero-order valence-electron chi connectivity index (χ0n) is 10.9. The summed E-state index contributed by atoms with van der Waals surface area (Å²) in [6.07, 6.45) is 5.34. The number of hydrogen-bond donors (Lipinski definition) is 0. The molecule has 0 amide bonds. The minimum absolute atomic E-state index is 0.130. The lowest BCUT2D eigenvalue weighted by atomic mass is 10.1. The minimum Gasteiger partial charge on any atom is -0.378 e. The average molecular weight is 264 g/mol. The Morgan fingerprint density at radius 1 is 1.39 bits per heavy atom. The van der Waals surface area contributed by atoms with Crippen LogP contribution in [0.25, 0.3) is 0 Å². The molecule has 1 saturated heterocycles. The van der Waals surface area contributed by atoms with Crippen LogP contribution in [-0.2, 0) is 4.74 Å². The SMILES string of the molecule is CC(=O)c1ccc(SCCCC2CCCO2)cc1. The Labute approximate surface area is 113 Å². The second kappa shape index (κ2) is 6.95. The number of carbonyl (C=O) groups is 1. The molecule has 3 heteroatoms. The maximum atomic E-state index is 11.1. The normalized spacial score (nSPS) is 19.1. The van der Waals surface area contributed by atoms with Gasteiger partial charge in [0.1, 0.15) is 0 Å². The van der Waals surface area contributed by atoms with Crippen LogP contribution in [0.3, 0.4) is 0 Å². The molecule has 1 fully saturated rings. The van der Waals surface area contributed by atoms with Crippen molar-refractivity contribution in [1.29, 1.82) is 0 Å². The van der Waals surface area contributed by atoms with Crippen molar-refractivity contribution >= 4 is 17.5 Å². The average Bonchev–Trinajstić information content (AvgIpc) is 2.88.